The summed E-state index contributed by atoms with van der Waals surface area (Å²) < 4.78 is 10.9. The molecule has 0 heterocycles. The Bertz CT molecular complexity index is 339. The lowest BCUT2D eigenvalue weighted by Crippen LogP contribution is -2.22. The summed E-state index contributed by atoms with van der Waals surface area (Å²) in [4.78, 5) is 0. The zero-order valence-corrected chi connectivity index (χ0v) is 11.9. The van der Waals surface area contributed by atoms with Crippen molar-refractivity contribution >= 4 is 0 Å². The molecule has 1 aromatic carbocycles. The molecule has 0 aliphatic heterocycles. The summed E-state index contributed by atoms with van der Waals surface area (Å²) in [5.41, 5.74) is 1.21. The van der Waals surface area contributed by atoms with Gasteiger partial charge in [0.05, 0.1) is 6.10 Å². The van der Waals surface area contributed by atoms with E-state index in [4.69, 9.17) is 9.47 Å². The average Bonchev–Trinajstić information content (AvgIpc) is 2.34. The number of ether oxygens (including phenoxy) is 2. The van der Waals surface area contributed by atoms with E-state index in [2.05, 4.69) is 24.4 Å². The summed E-state index contributed by atoms with van der Waals surface area (Å²) in [5.74, 6) is 0.972. The van der Waals surface area contributed by atoms with Crippen LogP contribution in [0.2, 0.25) is 0 Å². The molecule has 18 heavy (non-hydrogen) atoms. The Kier molecular flexibility index (Phi) is 6.76. The Morgan fingerprint density at radius 2 is 1.89 bits per heavy atom. The summed E-state index contributed by atoms with van der Waals surface area (Å²) in [5, 5.41) is 3.49. The van der Waals surface area contributed by atoms with E-state index in [1.54, 1.807) is 7.11 Å². The minimum Gasteiger partial charge on any atom is -0.491 e. The molecule has 0 fully saturated rings. The maximum absolute atomic E-state index is 5.83. The van der Waals surface area contributed by atoms with Crippen molar-refractivity contribution in [1.29, 1.82) is 0 Å². The van der Waals surface area contributed by atoms with Crippen LogP contribution in [0.25, 0.3) is 0 Å². The Morgan fingerprint density at radius 3 is 2.56 bits per heavy atom. The van der Waals surface area contributed by atoms with Gasteiger partial charge in [0.2, 0.25) is 0 Å². The van der Waals surface area contributed by atoms with Gasteiger partial charge in [0.25, 0.3) is 0 Å². The van der Waals surface area contributed by atoms with E-state index in [1.807, 2.05) is 26.0 Å². The molecule has 0 amide bonds. The molecule has 102 valence electrons. The van der Waals surface area contributed by atoms with E-state index < -0.39 is 0 Å². The van der Waals surface area contributed by atoms with Gasteiger partial charge in [0, 0.05) is 25.3 Å². The quantitative estimate of drug-likeness (QED) is 0.720. The van der Waals surface area contributed by atoms with E-state index in [-0.39, 0.29) is 12.1 Å². The van der Waals surface area contributed by atoms with Gasteiger partial charge in [-0.25, -0.2) is 0 Å². The Balaban J connectivity index is 2.57. The number of rotatable bonds is 8. The topological polar surface area (TPSA) is 30.5 Å². The van der Waals surface area contributed by atoms with Crippen LogP contribution in [-0.2, 0) is 4.74 Å². The molecule has 0 saturated carbocycles. The van der Waals surface area contributed by atoms with Gasteiger partial charge in [-0.15, -0.1) is 0 Å². The second-order valence-electron chi connectivity index (χ2n) is 4.73. The number of hydrogen-bond acceptors (Lipinski definition) is 3. The third-order valence-electron chi connectivity index (χ3n) is 2.72. The molecule has 1 aromatic rings. The van der Waals surface area contributed by atoms with Crippen molar-refractivity contribution in [3.05, 3.63) is 29.8 Å². The van der Waals surface area contributed by atoms with Crippen LogP contribution < -0.4 is 10.1 Å². The largest absolute Gasteiger partial charge is 0.491 e. The summed E-state index contributed by atoms with van der Waals surface area (Å²) in [6.45, 7) is 8.01. The average molecular weight is 251 g/mol. The van der Waals surface area contributed by atoms with E-state index in [9.17, 15) is 0 Å². The third kappa shape index (κ3) is 5.07. The van der Waals surface area contributed by atoms with Gasteiger partial charge in [-0.2, -0.15) is 0 Å². The maximum Gasteiger partial charge on any atom is 0.124 e. The molecule has 1 rings (SSSR count). The minimum atomic E-state index is 0.201. The van der Waals surface area contributed by atoms with Crippen LogP contribution in [0, 0.1) is 0 Å². The van der Waals surface area contributed by atoms with Crippen molar-refractivity contribution in [2.75, 3.05) is 20.3 Å². The second kappa shape index (κ2) is 8.11. The van der Waals surface area contributed by atoms with Crippen molar-refractivity contribution in [1.82, 2.24) is 5.32 Å². The molecule has 0 saturated heterocycles. The van der Waals surface area contributed by atoms with Crippen LogP contribution in [0.15, 0.2) is 24.3 Å². The van der Waals surface area contributed by atoms with Gasteiger partial charge in [-0.05, 0) is 39.8 Å². The van der Waals surface area contributed by atoms with Crippen LogP contribution in [0.4, 0.5) is 0 Å². The van der Waals surface area contributed by atoms with E-state index >= 15 is 0 Å². The summed E-state index contributed by atoms with van der Waals surface area (Å²) in [6.07, 6.45) is 1.22. The van der Waals surface area contributed by atoms with Crippen LogP contribution in [-0.4, -0.2) is 26.4 Å². The Hall–Kier alpha value is -1.06. The maximum atomic E-state index is 5.83. The fraction of sp³-hybridized carbons (Fsp3) is 0.600. The van der Waals surface area contributed by atoms with Crippen molar-refractivity contribution in [3.63, 3.8) is 0 Å². The lowest BCUT2D eigenvalue weighted by Gasteiger charge is -2.19. The van der Waals surface area contributed by atoms with Gasteiger partial charge in [-0.3, -0.25) is 0 Å². The first kappa shape index (κ1) is 15.0. The molecular weight excluding hydrogens is 226 g/mol. The molecule has 0 aromatic heterocycles. The lowest BCUT2D eigenvalue weighted by atomic mass is 10.1. The van der Waals surface area contributed by atoms with Crippen molar-refractivity contribution in [2.24, 2.45) is 0 Å². The molecule has 0 spiro atoms. The summed E-state index contributed by atoms with van der Waals surface area (Å²) in [6, 6.07) is 8.50. The fourth-order valence-corrected chi connectivity index (χ4v) is 1.84. The van der Waals surface area contributed by atoms with Gasteiger partial charge >= 0.3 is 0 Å². The first-order valence-electron chi connectivity index (χ1n) is 6.63. The van der Waals surface area contributed by atoms with Gasteiger partial charge < -0.3 is 14.8 Å². The predicted octanol–water partition coefficient (Wildman–Crippen LogP) is 3.16. The summed E-state index contributed by atoms with van der Waals surface area (Å²) >= 11 is 0. The molecule has 3 nitrogen and oxygen atoms in total. The monoisotopic (exact) mass is 251 g/mol. The highest BCUT2D eigenvalue weighted by atomic mass is 16.5. The lowest BCUT2D eigenvalue weighted by molar-refractivity contribution is 0.193. The van der Waals surface area contributed by atoms with Crippen LogP contribution in [0.3, 0.4) is 0 Å². The van der Waals surface area contributed by atoms with Gasteiger partial charge in [0.15, 0.2) is 0 Å². The zero-order valence-electron chi connectivity index (χ0n) is 11.9. The normalized spacial score (nSPS) is 12.7. The molecule has 0 bridgehead atoms. The highest BCUT2D eigenvalue weighted by molar-refractivity contribution is 5.35. The minimum absolute atomic E-state index is 0.201. The molecular formula is C15H25NO2. The molecule has 0 radical (unpaired) electrons. The number of methoxy groups -OCH3 is 1. The van der Waals surface area contributed by atoms with E-state index in [1.165, 1.54) is 5.56 Å². The Labute approximate surface area is 110 Å². The summed E-state index contributed by atoms with van der Waals surface area (Å²) in [7, 11) is 1.73. The molecule has 0 aliphatic rings. The van der Waals surface area contributed by atoms with E-state index in [0.717, 1.165) is 25.3 Å². The number of nitrogens with one attached hydrogen (secondary N) is 1. The molecule has 1 atom stereocenters. The van der Waals surface area contributed by atoms with Crippen LogP contribution in [0.1, 0.15) is 38.8 Å². The van der Waals surface area contributed by atoms with Crippen LogP contribution >= 0.6 is 0 Å². The van der Waals surface area contributed by atoms with Crippen molar-refractivity contribution in [3.8, 4) is 5.75 Å². The van der Waals surface area contributed by atoms with Crippen molar-refractivity contribution < 1.29 is 9.47 Å². The predicted molar refractivity (Wildman–Crippen MR) is 75.1 cm³/mol. The van der Waals surface area contributed by atoms with E-state index in [0.29, 0.717) is 0 Å². The Morgan fingerprint density at radius 1 is 1.17 bits per heavy atom. The smallest absolute Gasteiger partial charge is 0.124 e. The third-order valence-corrected chi connectivity index (χ3v) is 2.72. The van der Waals surface area contributed by atoms with Gasteiger partial charge in [-0.1, -0.05) is 18.2 Å². The molecule has 3 heteroatoms. The second-order valence-corrected chi connectivity index (χ2v) is 4.73. The number of benzene rings is 1. The van der Waals surface area contributed by atoms with Crippen molar-refractivity contribution in [2.45, 2.75) is 39.3 Å². The fourth-order valence-electron chi connectivity index (χ4n) is 1.84. The first-order chi connectivity index (χ1) is 8.65. The zero-order chi connectivity index (χ0) is 13.4. The number of para-hydroxylation sites is 1. The first-order valence-corrected chi connectivity index (χ1v) is 6.63. The molecule has 0 aliphatic carbocycles. The standard InChI is InChI=1S/C15H25NO2/c1-12(2)18-15-9-6-5-8-14(15)13(3)16-10-7-11-17-4/h5-6,8-9,12-13,16H,7,10-11H2,1-4H3/t13-/m0/s1. The SMILES string of the molecule is COCCCN[C@@H](C)c1ccccc1OC(C)C. The highest BCUT2D eigenvalue weighted by Gasteiger charge is 2.11. The number of hydrogen-bond donors (Lipinski definition) is 1. The van der Waals surface area contributed by atoms with Crippen LogP contribution in [0.5, 0.6) is 5.75 Å². The molecule has 1 N–H and O–H groups in total. The highest BCUT2D eigenvalue weighted by Crippen LogP contribution is 2.25. The van der Waals surface area contributed by atoms with Gasteiger partial charge in [0.1, 0.15) is 5.75 Å². The molecule has 0 unspecified atom stereocenters.